The zero-order chi connectivity index (χ0) is 12.6. The maximum absolute atomic E-state index is 11.0. The first kappa shape index (κ1) is 12.3. The summed E-state index contributed by atoms with van der Waals surface area (Å²) in [7, 11) is 0. The quantitative estimate of drug-likeness (QED) is 0.630. The minimum Gasteiger partial charge on any atom is -0.338 e. The van der Waals surface area contributed by atoms with Crippen molar-refractivity contribution in [1.29, 1.82) is 0 Å². The van der Waals surface area contributed by atoms with E-state index in [2.05, 4.69) is 9.68 Å². The van der Waals surface area contributed by atoms with E-state index in [9.17, 15) is 9.59 Å². The molecule has 6 nitrogen and oxygen atoms in total. The van der Waals surface area contributed by atoms with Crippen LogP contribution in [0.2, 0.25) is 15.1 Å². The third kappa shape index (κ3) is 2.39. The number of nitrogens with zero attached hydrogens (tertiary/aromatic N) is 1. The minimum absolute atomic E-state index is 0.0781. The van der Waals surface area contributed by atoms with E-state index in [1.54, 1.807) is 0 Å². The molecular formula is C8H3Cl3N2O4. The van der Waals surface area contributed by atoms with Crippen LogP contribution in [0.4, 0.5) is 5.69 Å². The van der Waals surface area contributed by atoms with Crippen LogP contribution in [0, 0.1) is 0 Å². The highest BCUT2D eigenvalue weighted by Gasteiger charge is 2.30. The van der Waals surface area contributed by atoms with Crippen LogP contribution in [0.15, 0.2) is 12.1 Å². The molecule has 0 bridgehead atoms. The Morgan fingerprint density at radius 2 is 1.82 bits per heavy atom. The number of halogens is 3. The molecular weight excluding hydrogens is 294 g/mol. The zero-order valence-electron chi connectivity index (χ0n) is 7.87. The molecule has 1 fully saturated rings. The van der Waals surface area contributed by atoms with Gasteiger partial charge in [0.1, 0.15) is 5.69 Å². The number of rotatable bonds is 1. The average molecular weight is 297 g/mol. The maximum Gasteiger partial charge on any atom is 0.444 e. The van der Waals surface area contributed by atoms with Crippen molar-refractivity contribution in [3.05, 3.63) is 27.2 Å². The fourth-order valence-electron chi connectivity index (χ4n) is 1.05. The first-order valence-corrected chi connectivity index (χ1v) is 5.26. The fraction of sp³-hybridized carbons (Fsp3) is 0. The van der Waals surface area contributed by atoms with Crippen LogP contribution in [-0.4, -0.2) is 11.9 Å². The second-order valence-corrected chi connectivity index (χ2v) is 4.10. The number of hydrogen-bond acceptors (Lipinski definition) is 6. The van der Waals surface area contributed by atoms with E-state index < -0.39 is 11.9 Å². The lowest BCUT2D eigenvalue weighted by Crippen LogP contribution is -2.49. The van der Waals surface area contributed by atoms with Crippen LogP contribution in [-0.2, 0) is 19.3 Å². The molecule has 1 N–H and O–H groups in total. The number of nitrogens with one attached hydrogen (secondary N) is 1. The number of hydrazine groups is 1. The lowest BCUT2D eigenvalue weighted by atomic mass is 10.3. The van der Waals surface area contributed by atoms with Crippen molar-refractivity contribution in [1.82, 2.24) is 5.59 Å². The van der Waals surface area contributed by atoms with Crippen molar-refractivity contribution >= 4 is 52.4 Å². The molecule has 0 spiro atoms. The largest absolute Gasteiger partial charge is 0.444 e. The molecule has 1 aliphatic heterocycles. The summed E-state index contributed by atoms with van der Waals surface area (Å²) in [5, 5.41) is 1.24. The van der Waals surface area contributed by atoms with Gasteiger partial charge < -0.3 is 9.68 Å². The van der Waals surface area contributed by atoms with Gasteiger partial charge in [-0.2, -0.15) is 0 Å². The molecule has 0 aliphatic carbocycles. The first-order chi connectivity index (χ1) is 7.99. The maximum atomic E-state index is 11.0. The van der Waals surface area contributed by atoms with Crippen molar-refractivity contribution in [2.24, 2.45) is 0 Å². The SMILES string of the molecule is O=C1ONN(c2cc(Cl)cc(Cl)c2Cl)OC1=O. The molecule has 0 unspecified atom stereocenters. The standard InChI is InChI=1S/C8H3Cl3N2O4/c9-3-1-4(10)6(11)5(2-3)13-12-16-7(14)8(15)17-13/h1-2,12H. The number of benzene rings is 1. The molecule has 1 heterocycles. The molecule has 9 heteroatoms. The molecule has 90 valence electrons. The van der Waals surface area contributed by atoms with Crippen LogP contribution >= 0.6 is 34.8 Å². The van der Waals surface area contributed by atoms with Gasteiger partial charge in [0.15, 0.2) is 0 Å². The van der Waals surface area contributed by atoms with Crippen molar-refractivity contribution in [2.45, 2.75) is 0 Å². The summed E-state index contributed by atoms with van der Waals surface area (Å²) in [6.45, 7) is 0. The topological polar surface area (TPSA) is 67.9 Å². The summed E-state index contributed by atoms with van der Waals surface area (Å²) in [4.78, 5) is 30.6. The molecule has 17 heavy (non-hydrogen) atoms. The average Bonchev–Trinajstić information content (AvgIpc) is 2.27. The Morgan fingerprint density at radius 1 is 1.12 bits per heavy atom. The van der Waals surface area contributed by atoms with E-state index in [1.807, 2.05) is 5.59 Å². The Labute approximate surface area is 110 Å². The molecule has 1 aromatic carbocycles. The summed E-state index contributed by atoms with van der Waals surface area (Å²) < 4.78 is 0. The molecule has 0 saturated carbocycles. The van der Waals surface area contributed by atoms with Gasteiger partial charge in [-0.1, -0.05) is 40.0 Å². The third-order valence-electron chi connectivity index (χ3n) is 1.75. The minimum atomic E-state index is -1.20. The zero-order valence-corrected chi connectivity index (χ0v) is 10.1. The molecule has 1 aliphatic rings. The highest BCUT2D eigenvalue weighted by molar-refractivity contribution is 6.45. The molecule has 0 radical (unpaired) electrons. The Hall–Kier alpha value is -1.21. The van der Waals surface area contributed by atoms with Crippen molar-refractivity contribution < 1.29 is 19.3 Å². The lowest BCUT2D eigenvalue weighted by molar-refractivity contribution is -0.192. The highest BCUT2D eigenvalue weighted by Crippen LogP contribution is 2.35. The Bertz CT molecular complexity index is 508. The molecule has 1 aromatic rings. The van der Waals surface area contributed by atoms with Gasteiger partial charge in [-0.3, -0.25) is 0 Å². The van der Waals surface area contributed by atoms with Gasteiger partial charge in [-0.15, -0.1) is 0 Å². The van der Waals surface area contributed by atoms with Crippen molar-refractivity contribution in [3.8, 4) is 0 Å². The normalized spacial score (nSPS) is 15.6. The molecule has 0 amide bonds. The summed E-state index contributed by atoms with van der Waals surface area (Å²) in [6.07, 6.45) is 0. The number of carbonyl (C=O) groups is 2. The smallest absolute Gasteiger partial charge is 0.338 e. The van der Waals surface area contributed by atoms with Crippen molar-refractivity contribution in [2.75, 3.05) is 5.17 Å². The van der Waals surface area contributed by atoms with Crippen LogP contribution in [0.25, 0.3) is 0 Å². The van der Waals surface area contributed by atoms with Gasteiger partial charge in [0.2, 0.25) is 0 Å². The molecule has 2 rings (SSSR count). The number of hydrogen-bond donors (Lipinski definition) is 1. The number of anilines is 1. The Morgan fingerprint density at radius 3 is 2.47 bits per heavy atom. The lowest BCUT2D eigenvalue weighted by Gasteiger charge is -2.26. The predicted molar refractivity (Wildman–Crippen MR) is 59.3 cm³/mol. The number of carbonyl (C=O) groups excluding carboxylic acids is 2. The van der Waals surface area contributed by atoms with Gasteiger partial charge in [0.05, 0.1) is 10.0 Å². The fourth-order valence-corrected chi connectivity index (χ4v) is 1.72. The Balaban J connectivity index is 2.35. The van der Waals surface area contributed by atoms with Crippen LogP contribution in [0.3, 0.4) is 0 Å². The van der Waals surface area contributed by atoms with Crippen LogP contribution < -0.4 is 10.8 Å². The first-order valence-electron chi connectivity index (χ1n) is 4.12. The molecule has 0 aromatic heterocycles. The third-order valence-corrected chi connectivity index (χ3v) is 2.76. The van der Waals surface area contributed by atoms with E-state index in [0.717, 1.165) is 5.17 Å². The van der Waals surface area contributed by atoms with Gasteiger partial charge in [-0.05, 0) is 17.7 Å². The highest BCUT2D eigenvalue weighted by atomic mass is 35.5. The molecule has 0 atom stereocenters. The summed E-state index contributed by atoms with van der Waals surface area (Å²) in [5.41, 5.74) is 2.18. The summed E-state index contributed by atoms with van der Waals surface area (Å²) >= 11 is 17.4. The van der Waals surface area contributed by atoms with E-state index >= 15 is 0 Å². The summed E-state index contributed by atoms with van der Waals surface area (Å²) in [5.74, 6) is -2.37. The predicted octanol–water partition coefficient (Wildman–Crippen LogP) is 1.89. The van der Waals surface area contributed by atoms with Gasteiger partial charge in [0, 0.05) is 5.02 Å². The second-order valence-electron chi connectivity index (χ2n) is 2.87. The second kappa shape index (κ2) is 4.58. The molecule has 1 saturated heterocycles. The van der Waals surface area contributed by atoms with E-state index in [-0.39, 0.29) is 20.8 Å². The van der Waals surface area contributed by atoms with Crippen LogP contribution in [0.1, 0.15) is 0 Å². The monoisotopic (exact) mass is 296 g/mol. The van der Waals surface area contributed by atoms with E-state index in [4.69, 9.17) is 34.8 Å². The van der Waals surface area contributed by atoms with Gasteiger partial charge in [-0.25, -0.2) is 9.59 Å². The Kier molecular flexibility index (Phi) is 3.30. The van der Waals surface area contributed by atoms with Gasteiger partial charge >= 0.3 is 11.9 Å². The van der Waals surface area contributed by atoms with Gasteiger partial charge in [0.25, 0.3) is 0 Å². The summed E-state index contributed by atoms with van der Waals surface area (Å²) in [6, 6.07) is 2.78. The van der Waals surface area contributed by atoms with Crippen molar-refractivity contribution in [3.63, 3.8) is 0 Å². The van der Waals surface area contributed by atoms with Crippen LogP contribution in [0.5, 0.6) is 0 Å². The van der Waals surface area contributed by atoms with E-state index in [1.165, 1.54) is 12.1 Å². The van der Waals surface area contributed by atoms with E-state index in [0.29, 0.717) is 0 Å².